The Hall–Kier alpha value is -1.67. The number of methoxy groups -OCH3 is 1. The Labute approximate surface area is 159 Å². The summed E-state index contributed by atoms with van der Waals surface area (Å²) in [4.78, 5) is 4.17. The molecule has 0 bridgehead atoms. The third kappa shape index (κ3) is 6.45. The lowest BCUT2D eigenvalue weighted by molar-refractivity contribution is 0.106. The van der Waals surface area contributed by atoms with Crippen molar-refractivity contribution >= 4 is 29.9 Å². The summed E-state index contributed by atoms with van der Waals surface area (Å²) in [6.45, 7) is 1.09. The number of ether oxygens (including phenoxy) is 1. The summed E-state index contributed by atoms with van der Waals surface area (Å²) < 4.78 is 18.7. The lowest BCUT2D eigenvalue weighted by atomic mass is 10.1. The molecule has 2 aromatic rings. The Kier molecular flexibility index (Phi) is 9.33. The van der Waals surface area contributed by atoms with Crippen molar-refractivity contribution in [3.63, 3.8) is 0 Å². The first-order valence-corrected chi connectivity index (χ1v) is 7.49. The zero-order valence-corrected chi connectivity index (χ0v) is 16.2. The van der Waals surface area contributed by atoms with Crippen molar-refractivity contribution in [3.05, 3.63) is 71.5 Å². The van der Waals surface area contributed by atoms with Gasteiger partial charge < -0.3 is 15.4 Å². The number of halogens is 2. The van der Waals surface area contributed by atoms with Crippen LogP contribution in [0.3, 0.4) is 0 Å². The fraction of sp³-hybridized carbons (Fsp3) is 0.278. The highest BCUT2D eigenvalue weighted by Gasteiger charge is 2.10. The van der Waals surface area contributed by atoms with E-state index in [1.54, 1.807) is 20.2 Å². The van der Waals surface area contributed by atoms with E-state index in [2.05, 4.69) is 15.6 Å². The molecule has 2 N–H and O–H groups in total. The van der Waals surface area contributed by atoms with Crippen LogP contribution in [0.1, 0.15) is 17.2 Å². The highest BCUT2D eigenvalue weighted by atomic mass is 127. The van der Waals surface area contributed by atoms with Gasteiger partial charge in [0, 0.05) is 27.2 Å². The van der Waals surface area contributed by atoms with Crippen molar-refractivity contribution in [2.75, 3.05) is 20.7 Å². The van der Waals surface area contributed by atoms with E-state index in [1.807, 2.05) is 36.4 Å². The number of nitrogens with zero attached hydrogens (tertiary/aromatic N) is 1. The third-order valence-corrected chi connectivity index (χ3v) is 3.48. The maximum Gasteiger partial charge on any atom is 0.191 e. The van der Waals surface area contributed by atoms with E-state index in [-0.39, 0.29) is 35.9 Å². The van der Waals surface area contributed by atoms with Crippen LogP contribution in [0.5, 0.6) is 0 Å². The van der Waals surface area contributed by atoms with E-state index in [4.69, 9.17) is 4.74 Å². The van der Waals surface area contributed by atoms with Crippen molar-refractivity contribution in [2.45, 2.75) is 12.6 Å². The molecule has 0 aliphatic rings. The highest BCUT2D eigenvalue weighted by Crippen LogP contribution is 2.14. The van der Waals surface area contributed by atoms with Gasteiger partial charge in [0.2, 0.25) is 0 Å². The molecule has 0 amide bonds. The number of hydrogen-bond acceptors (Lipinski definition) is 2. The van der Waals surface area contributed by atoms with E-state index in [9.17, 15) is 4.39 Å². The molecule has 6 heteroatoms. The Balaban J connectivity index is 0.00000288. The summed E-state index contributed by atoms with van der Waals surface area (Å²) in [7, 11) is 3.38. The maximum atomic E-state index is 13.2. The molecule has 0 saturated heterocycles. The van der Waals surface area contributed by atoms with Gasteiger partial charge in [-0.15, -0.1) is 24.0 Å². The lowest BCUT2D eigenvalue weighted by Gasteiger charge is -2.18. The minimum Gasteiger partial charge on any atom is -0.375 e. The normalized spacial score (nSPS) is 12.2. The third-order valence-electron chi connectivity index (χ3n) is 3.48. The molecule has 1 atom stereocenters. The first-order valence-electron chi connectivity index (χ1n) is 7.49. The number of benzene rings is 2. The zero-order valence-electron chi connectivity index (χ0n) is 13.8. The largest absolute Gasteiger partial charge is 0.375 e. The van der Waals surface area contributed by atoms with E-state index in [0.29, 0.717) is 19.0 Å². The second-order valence-corrected chi connectivity index (χ2v) is 5.07. The molecular weight excluding hydrogens is 420 g/mol. The SMILES string of the molecule is CN=C(NCc1cccc(F)c1)NCC(OC)c1ccccc1.I. The zero-order chi connectivity index (χ0) is 16.5. The summed E-state index contributed by atoms with van der Waals surface area (Å²) in [6.07, 6.45) is -0.0658. The van der Waals surface area contributed by atoms with Gasteiger partial charge >= 0.3 is 0 Å². The average Bonchev–Trinajstić information content (AvgIpc) is 2.59. The molecule has 1 unspecified atom stereocenters. The molecular formula is C18H23FIN3O. The minimum atomic E-state index is -0.240. The van der Waals surface area contributed by atoms with Crippen LogP contribution in [0.15, 0.2) is 59.6 Å². The molecule has 24 heavy (non-hydrogen) atoms. The van der Waals surface area contributed by atoms with Crippen molar-refractivity contribution in [1.82, 2.24) is 10.6 Å². The fourth-order valence-corrected chi connectivity index (χ4v) is 2.25. The second-order valence-electron chi connectivity index (χ2n) is 5.07. The summed E-state index contributed by atoms with van der Waals surface area (Å²) in [5.74, 6) is 0.406. The Morgan fingerprint density at radius 1 is 1.12 bits per heavy atom. The molecule has 0 aliphatic carbocycles. The molecule has 2 rings (SSSR count). The Bertz CT molecular complexity index is 637. The number of rotatable bonds is 6. The molecule has 0 saturated carbocycles. The molecule has 0 radical (unpaired) electrons. The van der Waals surface area contributed by atoms with Gasteiger partial charge in [0.25, 0.3) is 0 Å². The summed E-state index contributed by atoms with van der Waals surface area (Å²) >= 11 is 0. The molecule has 0 heterocycles. The van der Waals surface area contributed by atoms with E-state index in [0.717, 1.165) is 11.1 Å². The molecule has 0 aromatic heterocycles. The smallest absolute Gasteiger partial charge is 0.191 e. The average molecular weight is 443 g/mol. The topological polar surface area (TPSA) is 45.7 Å². The minimum absolute atomic E-state index is 0. The van der Waals surface area contributed by atoms with E-state index in [1.165, 1.54) is 12.1 Å². The quantitative estimate of drug-likeness (QED) is 0.408. The van der Waals surface area contributed by atoms with Gasteiger partial charge in [0.1, 0.15) is 5.82 Å². The molecule has 0 aliphatic heterocycles. The predicted molar refractivity (Wildman–Crippen MR) is 106 cm³/mol. The van der Waals surface area contributed by atoms with Gasteiger partial charge in [-0.2, -0.15) is 0 Å². The first kappa shape index (κ1) is 20.4. The van der Waals surface area contributed by atoms with Gasteiger partial charge in [-0.25, -0.2) is 4.39 Å². The highest BCUT2D eigenvalue weighted by molar-refractivity contribution is 14.0. The maximum absolute atomic E-state index is 13.2. The Morgan fingerprint density at radius 3 is 2.50 bits per heavy atom. The van der Waals surface area contributed by atoms with Crippen molar-refractivity contribution in [3.8, 4) is 0 Å². The number of hydrogen-bond donors (Lipinski definition) is 2. The van der Waals surface area contributed by atoms with Crippen LogP contribution >= 0.6 is 24.0 Å². The van der Waals surface area contributed by atoms with E-state index >= 15 is 0 Å². The second kappa shape index (κ2) is 11.0. The van der Waals surface area contributed by atoms with Crippen LogP contribution in [0.25, 0.3) is 0 Å². The summed E-state index contributed by atoms with van der Waals surface area (Å²) in [5, 5.41) is 6.38. The number of guanidine groups is 1. The van der Waals surface area contributed by atoms with Crippen LogP contribution in [-0.4, -0.2) is 26.7 Å². The van der Waals surface area contributed by atoms with Gasteiger partial charge in [0.15, 0.2) is 5.96 Å². The van der Waals surface area contributed by atoms with Gasteiger partial charge in [-0.05, 0) is 23.3 Å². The van der Waals surface area contributed by atoms with Crippen molar-refractivity contribution in [2.24, 2.45) is 4.99 Å². The number of aliphatic imine (C=N–C) groups is 1. The predicted octanol–water partition coefficient (Wildman–Crippen LogP) is 3.50. The first-order chi connectivity index (χ1) is 11.2. The van der Waals surface area contributed by atoms with Gasteiger partial charge in [-0.3, -0.25) is 4.99 Å². The monoisotopic (exact) mass is 443 g/mol. The van der Waals surface area contributed by atoms with Crippen molar-refractivity contribution in [1.29, 1.82) is 0 Å². The molecule has 4 nitrogen and oxygen atoms in total. The van der Waals surface area contributed by atoms with Crippen molar-refractivity contribution < 1.29 is 9.13 Å². The van der Waals surface area contributed by atoms with Crippen LogP contribution in [0.2, 0.25) is 0 Å². The summed E-state index contributed by atoms with van der Waals surface area (Å²) in [6, 6.07) is 16.5. The van der Waals surface area contributed by atoms with Crippen LogP contribution in [0, 0.1) is 5.82 Å². The summed E-state index contributed by atoms with van der Waals surface area (Å²) in [5.41, 5.74) is 1.96. The number of nitrogens with one attached hydrogen (secondary N) is 2. The van der Waals surface area contributed by atoms with Gasteiger partial charge in [0.05, 0.1) is 6.10 Å². The molecule has 0 fully saturated rings. The molecule has 2 aromatic carbocycles. The van der Waals surface area contributed by atoms with Crippen LogP contribution in [-0.2, 0) is 11.3 Å². The van der Waals surface area contributed by atoms with Gasteiger partial charge in [-0.1, -0.05) is 42.5 Å². The molecule has 0 spiro atoms. The lowest BCUT2D eigenvalue weighted by Crippen LogP contribution is -2.39. The van der Waals surface area contributed by atoms with Crippen LogP contribution in [0.4, 0.5) is 4.39 Å². The molecule has 130 valence electrons. The fourth-order valence-electron chi connectivity index (χ4n) is 2.25. The standard InChI is InChI=1S/C18H22FN3O.HI/c1-20-18(21-12-14-7-6-10-16(19)11-14)22-13-17(23-2)15-8-4-3-5-9-15;/h3-11,17H,12-13H2,1-2H3,(H2,20,21,22);1H. The van der Waals surface area contributed by atoms with Crippen LogP contribution < -0.4 is 10.6 Å². The van der Waals surface area contributed by atoms with E-state index < -0.39 is 0 Å². The Morgan fingerprint density at radius 2 is 1.88 bits per heavy atom.